The number of hydrogen-bond donors (Lipinski definition) is 1. The van der Waals surface area contributed by atoms with Gasteiger partial charge in [0.15, 0.2) is 0 Å². The van der Waals surface area contributed by atoms with Crippen LogP contribution in [0.5, 0.6) is 5.75 Å². The second-order valence-corrected chi connectivity index (χ2v) is 6.68. The minimum absolute atomic E-state index is 0.493. The van der Waals surface area contributed by atoms with E-state index in [-0.39, 0.29) is 0 Å². The average Bonchev–Trinajstić information content (AvgIpc) is 2.47. The smallest absolute Gasteiger partial charge is 0.119 e. The zero-order valence-corrected chi connectivity index (χ0v) is 13.6. The molecular formula is C17H27NOS. The lowest BCUT2D eigenvalue weighted by molar-refractivity contribution is 0.179. The maximum atomic E-state index is 10.1. The fourth-order valence-corrected chi connectivity index (χ4v) is 3.66. The second-order valence-electron chi connectivity index (χ2n) is 5.69. The fourth-order valence-electron chi connectivity index (χ4n) is 3.24. The van der Waals surface area contributed by atoms with E-state index in [1.54, 1.807) is 0 Å². The first-order valence-corrected chi connectivity index (χ1v) is 9.18. The Labute approximate surface area is 127 Å². The maximum Gasteiger partial charge on any atom is 0.119 e. The first-order chi connectivity index (χ1) is 9.76. The van der Waals surface area contributed by atoms with Gasteiger partial charge < -0.3 is 10.0 Å². The highest BCUT2D eigenvalue weighted by molar-refractivity contribution is 7.98. The van der Waals surface area contributed by atoms with Crippen LogP contribution in [-0.4, -0.2) is 41.1 Å². The number of aromatic hydroxyl groups is 1. The van der Waals surface area contributed by atoms with E-state index in [1.165, 1.54) is 49.2 Å². The Morgan fingerprint density at radius 2 is 2.20 bits per heavy atom. The first kappa shape index (κ1) is 15.7. The van der Waals surface area contributed by atoms with Gasteiger partial charge in [0.05, 0.1) is 0 Å². The van der Waals surface area contributed by atoms with Crippen molar-refractivity contribution in [2.24, 2.45) is 0 Å². The highest BCUT2D eigenvalue weighted by Crippen LogP contribution is 2.30. The van der Waals surface area contributed by atoms with Crippen molar-refractivity contribution in [3.05, 3.63) is 29.3 Å². The fraction of sp³-hybridized carbons (Fsp3) is 0.647. The minimum atomic E-state index is 0.493. The molecule has 0 amide bonds. The van der Waals surface area contributed by atoms with Gasteiger partial charge in [-0.1, -0.05) is 19.1 Å². The summed E-state index contributed by atoms with van der Waals surface area (Å²) in [5, 5.41) is 10.1. The van der Waals surface area contributed by atoms with Crippen molar-refractivity contribution in [1.29, 1.82) is 0 Å². The van der Waals surface area contributed by atoms with Gasteiger partial charge in [-0.2, -0.15) is 11.8 Å². The Hall–Kier alpha value is -0.670. The molecule has 0 heterocycles. The van der Waals surface area contributed by atoms with E-state index in [4.69, 9.17) is 0 Å². The van der Waals surface area contributed by atoms with Gasteiger partial charge in [0.1, 0.15) is 5.75 Å². The SMILES string of the molecule is CCCN(CCCS[11CH3])C1CCc2cccc(O)c2C1. The molecule has 1 aliphatic carbocycles. The zero-order chi connectivity index (χ0) is 14.4. The lowest BCUT2D eigenvalue weighted by Crippen LogP contribution is -2.40. The molecule has 0 fully saturated rings. The van der Waals surface area contributed by atoms with Gasteiger partial charge in [-0.25, -0.2) is 0 Å². The van der Waals surface area contributed by atoms with E-state index in [2.05, 4.69) is 24.1 Å². The summed E-state index contributed by atoms with van der Waals surface area (Å²) in [6.45, 7) is 4.64. The molecule has 1 atom stereocenters. The number of aryl methyl sites for hydroxylation is 1. The number of phenolic OH excluding ortho intramolecular Hbond substituents is 1. The van der Waals surface area contributed by atoms with Crippen LogP contribution < -0.4 is 0 Å². The predicted octanol–water partition coefficient (Wildman–Crippen LogP) is 3.71. The van der Waals surface area contributed by atoms with Crippen LogP contribution in [-0.2, 0) is 12.8 Å². The van der Waals surface area contributed by atoms with Crippen molar-refractivity contribution in [2.45, 2.75) is 45.1 Å². The molecule has 0 aromatic heterocycles. The van der Waals surface area contributed by atoms with Crippen LogP contribution in [0.4, 0.5) is 0 Å². The van der Waals surface area contributed by atoms with Gasteiger partial charge in [-0.15, -0.1) is 0 Å². The monoisotopic (exact) mass is 292 g/mol. The molecule has 0 bridgehead atoms. The molecule has 112 valence electrons. The standard InChI is InChI=1S/C17H27NOS/c1-3-10-18(11-5-12-20-2)15-9-8-14-6-4-7-17(19)16(14)13-15/h4,6-7,15,19H,3,5,8-13H2,1-2H3/i2-1. The van der Waals surface area contributed by atoms with Crippen molar-refractivity contribution in [3.63, 3.8) is 0 Å². The van der Waals surface area contributed by atoms with Crippen LogP contribution in [0.15, 0.2) is 18.2 Å². The Morgan fingerprint density at radius 1 is 1.35 bits per heavy atom. The molecule has 0 saturated carbocycles. The molecule has 3 heteroatoms. The molecule has 1 aromatic carbocycles. The molecule has 0 radical (unpaired) electrons. The number of benzene rings is 1. The lowest BCUT2D eigenvalue weighted by Gasteiger charge is -2.35. The molecule has 2 rings (SSSR count). The molecule has 0 aliphatic heterocycles. The largest absolute Gasteiger partial charge is 0.508 e. The molecule has 1 N–H and O–H groups in total. The van der Waals surface area contributed by atoms with Crippen LogP contribution in [0.3, 0.4) is 0 Å². The topological polar surface area (TPSA) is 23.5 Å². The summed E-state index contributed by atoms with van der Waals surface area (Å²) in [6, 6.07) is 6.58. The Kier molecular flexibility index (Phi) is 6.24. The number of phenols is 1. The quantitative estimate of drug-likeness (QED) is 0.775. The summed E-state index contributed by atoms with van der Waals surface area (Å²) in [5.74, 6) is 1.74. The normalized spacial score (nSPS) is 18.2. The van der Waals surface area contributed by atoms with E-state index in [0.717, 1.165) is 12.8 Å². The molecule has 0 saturated heterocycles. The Balaban J connectivity index is 2.02. The zero-order valence-electron chi connectivity index (χ0n) is 12.8. The van der Waals surface area contributed by atoms with Crippen LogP contribution in [0.25, 0.3) is 0 Å². The number of rotatable bonds is 7. The van der Waals surface area contributed by atoms with Gasteiger partial charge >= 0.3 is 0 Å². The van der Waals surface area contributed by atoms with E-state index in [1.807, 2.05) is 23.9 Å². The van der Waals surface area contributed by atoms with Crippen LogP contribution in [0, 0.1) is 0 Å². The third-order valence-corrected chi connectivity index (χ3v) is 4.95. The molecule has 2 nitrogen and oxygen atoms in total. The molecule has 0 spiro atoms. The van der Waals surface area contributed by atoms with Crippen LogP contribution in [0.2, 0.25) is 0 Å². The van der Waals surface area contributed by atoms with E-state index in [0.29, 0.717) is 11.8 Å². The first-order valence-electron chi connectivity index (χ1n) is 7.79. The summed E-state index contributed by atoms with van der Waals surface area (Å²) < 4.78 is 0. The highest BCUT2D eigenvalue weighted by atomic mass is 32.2. The van der Waals surface area contributed by atoms with Crippen molar-refractivity contribution in [3.8, 4) is 5.75 Å². The summed E-state index contributed by atoms with van der Waals surface area (Å²) in [5.41, 5.74) is 2.54. The summed E-state index contributed by atoms with van der Waals surface area (Å²) in [4.78, 5) is 2.64. The van der Waals surface area contributed by atoms with E-state index in [9.17, 15) is 5.11 Å². The highest BCUT2D eigenvalue weighted by Gasteiger charge is 2.25. The molecular weight excluding hydrogens is 265 g/mol. The Bertz CT molecular complexity index is 421. The lowest BCUT2D eigenvalue weighted by atomic mass is 9.86. The molecule has 1 unspecified atom stereocenters. The minimum Gasteiger partial charge on any atom is -0.508 e. The van der Waals surface area contributed by atoms with Crippen LogP contribution in [0.1, 0.15) is 37.3 Å². The van der Waals surface area contributed by atoms with Crippen molar-refractivity contribution in [1.82, 2.24) is 4.90 Å². The van der Waals surface area contributed by atoms with Gasteiger partial charge in [0.2, 0.25) is 0 Å². The van der Waals surface area contributed by atoms with Gasteiger partial charge in [-0.3, -0.25) is 0 Å². The van der Waals surface area contributed by atoms with Crippen molar-refractivity contribution < 1.29 is 5.11 Å². The van der Waals surface area contributed by atoms with Gasteiger partial charge in [0, 0.05) is 6.04 Å². The number of fused-ring (bicyclic) bond motifs is 1. The second kappa shape index (κ2) is 7.94. The van der Waals surface area contributed by atoms with Gasteiger partial charge in [-0.05, 0) is 74.4 Å². The molecule has 1 aromatic rings. The molecule has 1 aliphatic rings. The predicted molar refractivity (Wildman–Crippen MR) is 88.8 cm³/mol. The Morgan fingerprint density at radius 3 is 2.95 bits per heavy atom. The molecule has 20 heavy (non-hydrogen) atoms. The van der Waals surface area contributed by atoms with E-state index < -0.39 is 0 Å². The number of nitrogens with zero attached hydrogens (tertiary/aromatic N) is 1. The van der Waals surface area contributed by atoms with E-state index >= 15 is 0 Å². The third-order valence-electron chi connectivity index (χ3n) is 4.26. The van der Waals surface area contributed by atoms with Crippen LogP contribution >= 0.6 is 11.8 Å². The third kappa shape index (κ3) is 3.92. The van der Waals surface area contributed by atoms with Gasteiger partial charge in [0.25, 0.3) is 0 Å². The average molecular weight is 292 g/mol. The number of thioether (sulfide) groups is 1. The number of hydrogen-bond acceptors (Lipinski definition) is 3. The summed E-state index contributed by atoms with van der Waals surface area (Å²) in [6.07, 6.45) is 8.02. The maximum absolute atomic E-state index is 10.1. The summed E-state index contributed by atoms with van der Waals surface area (Å²) in [7, 11) is 0. The summed E-state index contributed by atoms with van der Waals surface area (Å²) >= 11 is 1.93. The van der Waals surface area contributed by atoms with Crippen molar-refractivity contribution in [2.75, 3.05) is 25.1 Å². The van der Waals surface area contributed by atoms with Crippen molar-refractivity contribution >= 4 is 11.8 Å².